The highest BCUT2D eigenvalue weighted by Crippen LogP contribution is 2.70. The fraction of sp³-hybridized carbons (Fsp3) is 0.577. The number of rotatable bonds is 3. The van der Waals surface area contributed by atoms with E-state index in [-0.39, 0.29) is 24.6 Å². The number of ether oxygens (including phenoxy) is 1. The largest absolute Gasteiger partial charge is 0.444 e. The van der Waals surface area contributed by atoms with Crippen molar-refractivity contribution in [1.29, 1.82) is 0 Å². The van der Waals surface area contributed by atoms with Gasteiger partial charge in [-0.2, -0.15) is 5.10 Å². The number of alkyl halides is 2. The second-order valence-corrected chi connectivity index (χ2v) is 11.3. The van der Waals surface area contributed by atoms with Crippen LogP contribution in [0.25, 0.3) is 0 Å². The summed E-state index contributed by atoms with van der Waals surface area (Å²) in [4.78, 5) is 26.9. The Bertz CT molecular complexity index is 1150. The summed E-state index contributed by atoms with van der Waals surface area (Å²) in [5.74, 6) is -3.49. The van der Waals surface area contributed by atoms with Crippen molar-refractivity contribution in [1.82, 2.24) is 15.1 Å². The highest BCUT2D eigenvalue weighted by Gasteiger charge is 2.78. The number of fused-ring (bicyclic) bond motifs is 2. The second kappa shape index (κ2) is 8.03. The highest BCUT2D eigenvalue weighted by atomic mass is 19.3. The minimum absolute atomic E-state index is 0.166. The molecule has 0 unspecified atom stereocenters. The van der Waals surface area contributed by atoms with E-state index in [4.69, 9.17) is 4.74 Å². The maximum absolute atomic E-state index is 14.2. The molecule has 1 saturated carbocycles. The van der Waals surface area contributed by atoms with Gasteiger partial charge >= 0.3 is 6.09 Å². The van der Waals surface area contributed by atoms with Crippen molar-refractivity contribution < 1.29 is 23.1 Å². The van der Waals surface area contributed by atoms with Crippen LogP contribution in [0.1, 0.15) is 73.8 Å². The summed E-state index contributed by atoms with van der Waals surface area (Å²) in [5.41, 5.74) is 1.68. The van der Waals surface area contributed by atoms with Gasteiger partial charge in [-0.25, -0.2) is 13.6 Å². The number of aromatic amines is 1. The van der Waals surface area contributed by atoms with E-state index in [0.29, 0.717) is 36.0 Å². The number of piperidine rings is 1. The molecule has 188 valence electrons. The summed E-state index contributed by atoms with van der Waals surface area (Å²) in [5, 5.41) is 9.79. The molecule has 35 heavy (non-hydrogen) atoms. The lowest BCUT2D eigenvalue weighted by Crippen LogP contribution is -2.41. The zero-order chi connectivity index (χ0) is 25.2. The predicted octanol–water partition coefficient (Wildman–Crippen LogP) is 5.15. The fourth-order valence-corrected chi connectivity index (χ4v) is 5.55. The first-order valence-electron chi connectivity index (χ1n) is 12.2. The first-order valence-corrected chi connectivity index (χ1v) is 12.2. The van der Waals surface area contributed by atoms with Crippen LogP contribution in [-0.2, 0) is 17.6 Å². The van der Waals surface area contributed by atoms with Gasteiger partial charge in [0.2, 0.25) is 0 Å². The molecule has 2 atom stereocenters. The smallest absolute Gasteiger partial charge is 0.410 e. The molecule has 3 aliphatic rings. The molecule has 5 rings (SSSR count). The molecule has 7 nitrogen and oxygen atoms in total. The number of anilines is 1. The lowest BCUT2D eigenvalue weighted by atomic mass is 9.87. The Morgan fingerprint density at radius 2 is 1.83 bits per heavy atom. The first kappa shape index (κ1) is 23.8. The monoisotopic (exact) mass is 486 g/mol. The molecule has 1 aromatic carbocycles. The standard InChI is InChI=1S/C26H32F2N4O3/c1-24(2,3)35-23(34)32-11-9-16(10-12-32)15-5-7-17(8-6-15)29-22(33)21-18-13-20-25(4,26(20,27)28)14-19(18)30-31-21/h5-8,16,20H,9-14H2,1-4H3,(H,29,33)(H,30,31)/t20-,25+/m0/s1. The number of likely N-dealkylation sites (tertiary alicyclic amines) is 1. The van der Waals surface area contributed by atoms with E-state index >= 15 is 0 Å². The van der Waals surface area contributed by atoms with Crippen molar-refractivity contribution in [3.8, 4) is 0 Å². The lowest BCUT2D eigenvalue weighted by molar-refractivity contribution is 0.0204. The van der Waals surface area contributed by atoms with Crippen molar-refractivity contribution >= 4 is 17.7 Å². The second-order valence-electron chi connectivity index (χ2n) is 11.3. The third-order valence-electron chi connectivity index (χ3n) is 7.79. The van der Waals surface area contributed by atoms with E-state index in [9.17, 15) is 18.4 Å². The van der Waals surface area contributed by atoms with Crippen LogP contribution in [0.4, 0.5) is 19.3 Å². The summed E-state index contributed by atoms with van der Waals surface area (Å²) in [6, 6.07) is 7.66. The van der Waals surface area contributed by atoms with Crippen LogP contribution >= 0.6 is 0 Å². The number of nitrogens with zero attached hydrogens (tertiary/aromatic N) is 2. The van der Waals surface area contributed by atoms with Crippen molar-refractivity contribution in [2.75, 3.05) is 18.4 Å². The van der Waals surface area contributed by atoms with Crippen molar-refractivity contribution in [2.45, 2.75) is 70.8 Å². The van der Waals surface area contributed by atoms with Crippen LogP contribution in [0.5, 0.6) is 0 Å². The number of carbonyl (C=O) groups excluding carboxylic acids is 2. The molecule has 0 bridgehead atoms. The van der Waals surface area contributed by atoms with Crippen LogP contribution in [-0.4, -0.2) is 51.7 Å². The highest BCUT2D eigenvalue weighted by molar-refractivity contribution is 6.04. The number of hydrogen-bond donors (Lipinski definition) is 2. The summed E-state index contributed by atoms with van der Waals surface area (Å²) < 4.78 is 33.8. The number of nitrogens with one attached hydrogen (secondary N) is 2. The van der Waals surface area contributed by atoms with E-state index in [2.05, 4.69) is 15.5 Å². The maximum atomic E-state index is 14.2. The van der Waals surface area contributed by atoms with E-state index in [1.807, 2.05) is 45.0 Å². The van der Waals surface area contributed by atoms with Gasteiger partial charge in [-0.15, -0.1) is 0 Å². The Balaban J connectivity index is 1.18. The maximum Gasteiger partial charge on any atom is 0.410 e. The molecule has 2 aromatic rings. The van der Waals surface area contributed by atoms with Gasteiger partial charge in [0, 0.05) is 47.8 Å². The summed E-state index contributed by atoms with van der Waals surface area (Å²) in [6.07, 6.45) is 1.79. The van der Waals surface area contributed by atoms with Crippen molar-refractivity contribution in [3.63, 3.8) is 0 Å². The number of amides is 2. The van der Waals surface area contributed by atoms with Gasteiger partial charge in [0.25, 0.3) is 11.8 Å². The normalized spacial score (nSPS) is 25.4. The predicted molar refractivity (Wildman–Crippen MR) is 127 cm³/mol. The van der Waals surface area contributed by atoms with Crippen LogP contribution in [0.15, 0.2) is 24.3 Å². The number of hydrogen-bond acceptors (Lipinski definition) is 4. The molecule has 1 saturated heterocycles. The molecule has 2 N–H and O–H groups in total. The Hall–Kier alpha value is -2.97. The van der Waals surface area contributed by atoms with Gasteiger partial charge in [0.1, 0.15) is 5.60 Å². The van der Waals surface area contributed by atoms with Gasteiger partial charge in [-0.3, -0.25) is 9.89 Å². The lowest BCUT2D eigenvalue weighted by Gasteiger charge is -2.33. The minimum atomic E-state index is -2.69. The molecule has 0 radical (unpaired) electrons. The third kappa shape index (κ3) is 4.19. The van der Waals surface area contributed by atoms with Gasteiger partial charge in [0.15, 0.2) is 5.69 Å². The van der Waals surface area contributed by atoms with E-state index in [0.717, 1.165) is 18.4 Å². The zero-order valence-corrected chi connectivity index (χ0v) is 20.6. The van der Waals surface area contributed by atoms with Crippen LogP contribution in [0.3, 0.4) is 0 Å². The quantitative estimate of drug-likeness (QED) is 0.628. The zero-order valence-electron chi connectivity index (χ0n) is 20.6. The Kier molecular flexibility index (Phi) is 5.45. The number of H-pyrrole nitrogens is 1. The van der Waals surface area contributed by atoms with Crippen LogP contribution in [0.2, 0.25) is 0 Å². The van der Waals surface area contributed by atoms with Gasteiger partial charge in [-0.1, -0.05) is 19.1 Å². The molecule has 9 heteroatoms. The van der Waals surface area contributed by atoms with Crippen molar-refractivity contribution in [3.05, 3.63) is 46.8 Å². The molecule has 0 spiro atoms. The molecule has 2 amide bonds. The fourth-order valence-electron chi connectivity index (χ4n) is 5.55. The number of benzene rings is 1. The third-order valence-corrected chi connectivity index (χ3v) is 7.79. The van der Waals surface area contributed by atoms with Gasteiger partial charge in [-0.05, 0) is 63.6 Å². The first-order chi connectivity index (χ1) is 16.4. The molecular weight excluding hydrogens is 454 g/mol. The Morgan fingerprint density at radius 3 is 2.46 bits per heavy atom. The molecule has 1 aliphatic heterocycles. The van der Waals surface area contributed by atoms with E-state index in [1.54, 1.807) is 11.8 Å². The summed E-state index contributed by atoms with van der Waals surface area (Å²) in [7, 11) is 0. The SMILES string of the molecule is CC(C)(C)OC(=O)N1CCC(c2ccc(NC(=O)c3n[nH]c4c3C[C@@H]3C(F)(F)[C@]3(C)C4)cc2)CC1. The topological polar surface area (TPSA) is 87.3 Å². The molecule has 1 aromatic heterocycles. The number of halogens is 2. The van der Waals surface area contributed by atoms with Gasteiger partial charge < -0.3 is 15.0 Å². The summed E-state index contributed by atoms with van der Waals surface area (Å²) in [6.45, 7) is 8.46. The molecule has 2 aliphatic carbocycles. The van der Waals surface area contributed by atoms with Gasteiger partial charge in [0.05, 0.1) is 0 Å². The number of aromatic nitrogens is 2. The summed E-state index contributed by atoms with van der Waals surface area (Å²) >= 11 is 0. The Morgan fingerprint density at radius 1 is 1.17 bits per heavy atom. The Labute approximate surface area is 203 Å². The average Bonchev–Trinajstić information content (AvgIpc) is 3.06. The molecular formula is C26H32F2N4O3. The van der Waals surface area contributed by atoms with Crippen LogP contribution in [0, 0.1) is 11.3 Å². The molecule has 2 fully saturated rings. The van der Waals surface area contributed by atoms with Crippen LogP contribution < -0.4 is 5.32 Å². The average molecular weight is 487 g/mol. The van der Waals surface area contributed by atoms with E-state index in [1.165, 1.54) is 0 Å². The molecule has 2 heterocycles. The number of carbonyl (C=O) groups is 2. The van der Waals surface area contributed by atoms with E-state index < -0.39 is 28.8 Å². The van der Waals surface area contributed by atoms with Crippen molar-refractivity contribution in [2.24, 2.45) is 11.3 Å². The minimum Gasteiger partial charge on any atom is -0.444 e.